The van der Waals surface area contributed by atoms with Crippen molar-refractivity contribution in [3.8, 4) is 0 Å². The second kappa shape index (κ2) is 54.9. The molecule has 0 aromatic rings. The minimum absolute atomic E-state index is 0.0922. The van der Waals surface area contributed by atoms with Gasteiger partial charge in [-0.05, 0) is 44.9 Å². The number of carbonyl (C=O) groups excluding carboxylic acids is 1. The summed E-state index contributed by atoms with van der Waals surface area (Å²) < 4.78 is 33.7. The number of rotatable bonds is 56. The van der Waals surface area contributed by atoms with Gasteiger partial charge in [0.15, 0.2) is 0 Å². The number of nitrogens with two attached hydrogens (primary N) is 1. The van der Waals surface area contributed by atoms with Crippen molar-refractivity contribution in [1.82, 2.24) is 0 Å². The lowest BCUT2D eigenvalue weighted by atomic mass is 10.0. The van der Waals surface area contributed by atoms with Crippen LogP contribution >= 0.6 is 7.82 Å². The highest BCUT2D eigenvalue weighted by Gasteiger charge is 2.25. The lowest BCUT2D eigenvalue weighted by Gasteiger charge is -2.20. The van der Waals surface area contributed by atoms with E-state index in [9.17, 15) is 14.3 Å². The molecule has 0 radical (unpaired) electrons. The van der Waals surface area contributed by atoms with Gasteiger partial charge in [-0.25, -0.2) is 4.57 Å². The third-order valence-electron chi connectivity index (χ3n) is 12.9. The molecule has 0 aromatic carbocycles. The summed E-state index contributed by atoms with van der Waals surface area (Å²) in [5.41, 5.74) is 5.40. The predicted octanol–water partition coefficient (Wildman–Crippen LogP) is 18.3. The molecule has 0 aromatic heterocycles. The Morgan fingerprint density at radius 1 is 0.455 bits per heavy atom. The van der Waals surface area contributed by atoms with E-state index < -0.39 is 13.9 Å². The van der Waals surface area contributed by atoms with Gasteiger partial charge in [0.25, 0.3) is 0 Å². The highest BCUT2D eigenvalue weighted by Crippen LogP contribution is 2.43. The molecular formula is C57H112NO7P. The van der Waals surface area contributed by atoms with E-state index in [1.165, 1.54) is 238 Å². The van der Waals surface area contributed by atoms with Gasteiger partial charge < -0.3 is 20.1 Å². The van der Waals surface area contributed by atoms with E-state index in [-0.39, 0.29) is 32.3 Å². The zero-order valence-electron chi connectivity index (χ0n) is 44.0. The first-order valence-corrected chi connectivity index (χ1v) is 30.3. The molecule has 0 aliphatic rings. The summed E-state index contributed by atoms with van der Waals surface area (Å²) >= 11 is 0. The molecule has 0 aliphatic carbocycles. The first kappa shape index (κ1) is 65.0. The minimum atomic E-state index is -4.28. The Morgan fingerprint density at radius 2 is 0.803 bits per heavy atom. The normalized spacial score (nSPS) is 13.3. The molecule has 0 fully saturated rings. The van der Waals surface area contributed by atoms with Crippen LogP contribution in [0.5, 0.6) is 0 Å². The topological polar surface area (TPSA) is 117 Å². The zero-order valence-corrected chi connectivity index (χ0v) is 44.9. The van der Waals surface area contributed by atoms with Crippen molar-refractivity contribution in [3.05, 3.63) is 24.3 Å². The van der Waals surface area contributed by atoms with Gasteiger partial charge in [-0.2, -0.15) is 0 Å². The fourth-order valence-electron chi connectivity index (χ4n) is 8.62. The monoisotopic (exact) mass is 954 g/mol. The van der Waals surface area contributed by atoms with Crippen LogP contribution in [0, 0.1) is 0 Å². The van der Waals surface area contributed by atoms with Crippen LogP contribution in [-0.4, -0.2) is 49.9 Å². The quantitative estimate of drug-likeness (QED) is 0.0268. The predicted molar refractivity (Wildman–Crippen MR) is 284 cm³/mol. The van der Waals surface area contributed by atoms with Crippen LogP contribution in [0.15, 0.2) is 24.3 Å². The number of phosphoric acid groups is 1. The van der Waals surface area contributed by atoms with Crippen molar-refractivity contribution in [2.75, 3.05) is 33.0 Å². The van der Waals surface area contributed by atoms with Gasteiger partial charge >= 0.3 is 13.8 Å². The summed E-state index contributed by atoms with van der Waals surface area (Å²) in [7, 11) is -4.28. The van der Waals surface area contributed by atoms with E-state index in [1.54, 1.807) is 0 Å². The molecule has 2 atom stereocenters. The van der Waals surface area contributed by atoms with Crippen LogP contribution in [0.25, 0.3) is 0 Å². The largest absolute Gasteiger partial charge is 0.472 e. The van der Waals surface area contributed by atoms with Crippen LogP contribution in [0.1, 0.15) is 296 Å². The summed E-state index contributed by atoms with van der Waals surface area (Å²) in [6.07, 6.45) is 65.2. The first-order chi connectivity index (χ1) is 32.4. The SMILES string of the molecule is CCCCCCC/C=C\C/C=C\CCCCCCCCCCCCCCCCOCC(COP(=O)(O)OCCN)OC(=O)CCCCCCCCCCCCCCCCCCCCCCC. The van der Waals surface area contributed by atoms with Crippen molar-refractivity contribution >= 4 is 13.8 Å². The molecule has 0 bridgehead atoms. The van der Waals surface area contributed by atoms with E-state index in [4.69, 9.17) is 24.3 Å². The molecule has 0 saturated carbocycles. The van der Waals surface area contributed by atoms with E-state index >= 15 is 0 Å². The fourth-order valence-corrected chi connectivity index (χ4v) is 9.39. The highest BCUT2D eigenvalue weighted by atomic mass is 31.2. The second-order valence-electron chi connectivity index (χ2n) is 19.5. The summed E-state index contributed by atoms with van der Waals surface area (Å²) in [4.78, 5) is 22.7. The maximum Gasteiger partial charge on any atom is 0.472 e. The smallest absolute Gasteiger partial charge is 0.457 e. The maximum atomic E-state index is 12.7. The Bertz CT molecular complexity index is 1070. The van der Waals surface area contributed by atoms with E-state index in [1.807, 2.05) is 0 Å². The lowest BCUT2D eigenvalue weighted by Crippen LogP contribution is -2.28. The van der Waals surface area contributed by atoms with Gasteiger partial charge in [-0.1, -0.05) is 269 Å². The molecule has 0 aliphatic heterocycles. The van der Waals surface area contributed by atoms with Crippen molar-refractivity contribution in [2.24, 2.45) is 5.73 Å². The van der Waals surface area contributed by atoms with Crippen LogP contribution in [-0.2, 0) is 27.9 Å². The number of hydrogen-bond acceptors (Lipinski definition) is 7. The summed E-state index contributed by atoms with van der Waals surface area (Å²) in [6.45, 7) is 4.99. The number of esters is 1. The average molecular weight is 954 g/mol. The number of unbranched alkanes of at least 4 members (excludes halogenated alkanes) is 39. The average Bonchev–Trinajstić information content (AvgIpc) is 3.31. The van der Waals surface area contributed by atoms with Gasteiger partial charge in [0, 0.05) is 19.6 Å². The number of hydrogen-bond donors (Lipinski definition) is 2. The number of allylic oxidation sites excluding steroid dienone is 4. The van der Waals surface area contributed by atoms with Gasteiger partial charge in [0.2, 0.25) is 0 Å². The molecule has 3 N–H and O–H groups in total. The number of ether oxygens (including phenoxy) is 2. The zero-order chi connectivity index (χ0) is 48.0. The Balaban J connectivity index is 3.84. The van der Waals surface area contributed by atoms with Crippen LogP contribution in [0.2, 0.25) is 0 Å². The van der Waals surface area contributed by atoms with Crippen molar-refractivity contribution in [1.29, 1.82) is 0 Å². The van der Waals surface area contributed by atoms with Gasteiger partial charge in [-0.15, -0.1) is 0 Å². The summed E-state index contributed by atoms with van der Waals surface area (Å²) in [5.74, 6) is -0.322. The Kier molecular flexibility index (Phi) is 54.1. The van der Waals surface area contributed by atoms with Gasteiger partial charge in [-0.3, -0.25) is 13.8 Å². The fraction of sp³-hybridized carbons (Fsp3) is 0.912. The first-order valence-electron chi connectivity index (χ1n) is 28.8. The van der Waals surface area contributed by atoms with Crippen LogP contribution in [0.4, 0.5) is 0 Å². The van der Waals surface area contributed by atoms with Crippen molar-refractivity contribution in [3.63, 3.8) is 0 Å². The summed E-state index contributed by atoms with van der Waals surface area (Å²) in [6, 6.07) is 0. The molecule has 9 heteroatoms. The standard InChI is InChI=1S/C57H112NO7P/c1-3-5-7-9-11-13-15-17-19-21-23-25-26-27-28-29-31-33-35-37-39-41-43-45-47-49-52-62-54-56(55-64-66(60,61)63-53-51-58)65-57(59)50-48-46-44-42-40-38-36-34-32-30-24-22-20-18-16-14-12-10-8-6-4-2/h15,17,21,23,56H,3-14,16,18-20,22,24-55,58H2,1-2H3,(H,60,61)/b17-15-,23-21-. The van der Waals surface area contributed by atoms with Crippen LogP contribution in [0.3, 0.4) is 0 Å². The maximum absolute atomic E-state index is 12.7. The molecule has 0 saturated heterocycles. The van der Waals surface area contributed by atoms with Gasteiger partial charge in [0.05, 0.1) is 19.8 Å². The second-order valence-corrected chi connectivity index (χ2v) is 21.0. The molecule has 8 nitrogen and oxygen atoms in total. The van der Waals surface area contributed by atoms with E-state index in [0.29, 0.717) is 13.0 Å². The third-order valence-corrected chi connectivity index (χ3v) is 13.9. The molecule has 0 heterocycles. The minimum Gasteiger partial charge on any atom is -0.457 e. The third kappa shape index (κ3) is 53.9. The van der Waals surface area contributed by atoms with Crippen LogP contribution < -0.4 is 5.73 Å². The Labute approximate surface area is 410 Å². The Morgan fingerprint density at radius 3 is 1.18 bits per heavy atom. The lowest BCUT2D eigenvalue weighted by molar-refractivity contribution is -0.154. The van der Waals surface area contributed by atoms with E-state index in [2.05, 4.69) is 38.2 Å². The summed E-state index contributed by atoms with van der Waals surface area (Å²) in [5, 5.41) is 0. The molecule has 392 valence electrons. The number of carbonyl (C=O) groups is 1. The molecular weight excluding hydrogens is 842 g/mol. The van der Waals surface area contributed by atoms with Crippen molar-refractivity contribution < 1.29 is 32.8 Å². The molecule has 2 unspecified atom stereocenters. The number of phosphoric ester groups is 1. The van der Waals surface area contributed by atoms with E-state index in [0.717, 1.165) is 38.5 Å². The highest BCUT2D eigenvalue weighted by molar-refractivity contribution is 7.47. The molecule has 66 heavy (non-hydrogen) atoms. The Hall–Kier alpha value is -1.02. The molecule has 0 rings (SSSR count). The van der Waals surface area contributed by atoms with Gasteiger partial charge in [0.1, 0.15) is 6.10 Å². The molecule has 0 spiro atoms. The molecule has 0 amide bonds. The van der Waals surface area contributed by atoms with Crippen molar-refractivity contribution in [2.45, 2.75) is 302 Å².